The molecule has 0 N–H and O–H groups in total. The maximum absolute atomic E-state index is 3.22. The summed E-state index contributed by atoms with van der Waals surface area (Å²) in [6.45, 7) is -0.0455. The molecule has 6 heterocycles. The molecule has 308 valence electrons. The van der Waals surface area contributed by atoms with E-state index < -0.39 is 8.07 Å². The minimum absolute atomic E-state index is 0.0227. The molecule has 67 heavy (non-hydrogen) atoms. The van der Waals surface area contributed by atoms with E-state index in [4.69, 9.17) is 0 Å². The predicted molar refractivity (Wildman–Crippen MR) is 286 cm³/mol. The summed E-state index contributed by atoms with van der Waals surface area (Å²) in [5.74, 6) is 0. The molecule has 0 amide bonds. The SMILES string of the molecule is c1ccc([Si](c2ccccc2)(c2cc3c4c(c2)c2ccccc2n4B2c4ccccc4-c4ccccc4N23)c2cc3c4c(c2)c2ccccc2n4B2c4ccccc4-c4ccccc4N23)cc1. The molecule has 4 aliphatic heterocycles. The molecule has 0 atom stereocenters. The molecular formula is C60H38B2N4Si. The van der Waals surface area contributed by atoms with Crippen LogP contribution in [0.5, 0.6) is 0 Å². The van der Waals surface area contributed by atoms with E-state index in [0.29, 0.717) is 0 Å². The lowest BCUT2D eigenvalue weighted by atomic mass is 9.60. The highest BCUT2D eigenvalue weighted by Crippen LogP contribution is 2.51. The van der Waals surface area contributed by atoms with Gasteiger partial charge in [-0.25, -0.2) is 0 Å². The van der Waals surface area contributed by atoms with Crippen molar-refractivity contribution < 1.29 is 0 Å². The Hall–Kier alpha value is -8.25. The zero-order valence-corrected chi connectivity index (χ0v) is 37.4. The largest absolute Gasteiger partial charge is 0.421 e. The van der Waals surface area contributed by atoms with Crippen LogP contribution < -0.4 is 41.3 Å². The Kier molecular flexibility index (Phi) is 6.97. The van der Waals surface area contributed by atoms with Crippen LogP contribution in [0.4, 0.5) is 22.7 Å². The van der Waals surface area contributed by atoms with Crippen LogP contribution in [0.1, 0.15) is 0 Å². The highest BCUT2D eigenvalue weighted by molar-refractivity contribution is 7.20. The van der Waals surface area contributed by atoms with Gasteiger partial charge >= 0.3 is 14.0 Å². The Bertz CT molecular complexity index is 3840. The van der Waals surface area contributed by atoms with Crippen molar-refractivity contribution in [2.24, 2.45) is 0 Å². The summed E-state index contributed by atoms with van der Waals surface area (Å²) in [6.07, 6.45) is 0. The van der Waals surface area contributed by atoms with E-state index in [1.54, 1.807) is 0 Å². The Morgan fingerprint density at radius 3 is 1.12 bits per heavy atom. The van der Waals surface area contributed by atoms with Gasteiger partial charge in [0.15, 0.2) is 8.07 Å². The molecule has 16 rings (SSSR count). The standard InChI is InChI=1S/C60H38B2N4Si/c1-3-19-39(20-4-1)67(40-21-5-2-6-22-40,41-35-49-47-27-11-17-33-55(47)65-59(49)57(37-41)63-53-31-15-9-25-45(53)43-23-7-13-29-51(43)61(63)65)42-36-50-48-28-12-18-34-56(48)66-60(50)58(38-42)64-54-32-16-10-26-46(54)44-24-8-14-30-52(44)62(64)66/h1-38H. The zero-order chi connectivity index (χ0) is 43.5. The number of hydrogen-bond acceptors (Lipinski definition) is 2. The van der Waals surface area contributed by atoms with Crippen molar-refractivity contribution in [1.82, 2.24) is 8.96 Å². The van der Waals surface area contributed by atoms with Crippen LogP contribution in [-0.2, 0) is 0 Å². The summed E-state index contributed by atoms with van der Waals surface area (Å²) in [6, 6.07) is 88.0. The van der Waals surface area contributed by atoms with Crippen molar-refractivity contribution in [3.8, 4) is 22.3 Å². The normalized spacial score (nSPS) is 13.9. The molecule has 4 aliphatic rings. The first-order chi connectivity index (χ1) is 33.3. The Morgan fingerprint density at radius 2 is 0.657 bits per heavy atom. The number of fused-ring (bicyclic) bond motifs is 22. The van der Waals surface area contributed by atoms with Crippen molar-refractivity contribution in [2.75, 3.05) is 9.62 Å². The van der Waals surface area contributed by atoms with Crippen LogP contribution in [0.15, 0.2) is 231 Å². The zero-order valence-electron chi connectivity index (χ0n) is 36.4. The third-order valence-corrected chi connectivity index (χ3v) is 20.4. The number of benzene rings is 10. The number of anilines is 4. The maximum atomic E-state index is 2.66. The van der Waals surface area contributed by atoms with E-state index in [1.165, 1.54) is 120 Å². The molecule has 0 spiro atoms. The van der Waals surface area contributed by atoms with Crippen molar-refractivity contribution >= 4 is 120 Å². The molecule has 0 saturated heterocycles. The van der Waals surface area contributed by atoms with Crippen LogP contribution in [0.3, 0.4) is 0 Å². The molecule has 7 heteroatoms. The van der Waals surface area contributed by atoms with Gasteiger partial charge in [0.25, 0.3) is 0 Å². The monoisotopic (exact) mass is 864 g/mol. The fraction of sp³-hybridized carbons (Fsp3) is 0. The molecule has 0 aliphatic carbocycles. The molecule has 0 radical (unpaired) electrons. The number of para-hydroxylation sites is 4. The second-order valence-corrected chi connectivity index (χ2v) is 22.5. The van der Waals surface area contributed by atoms with Gasteiger partial charge in [0.2, 0.25) is 0 Å². The summed E-state index contributed by atoms with van der Waals surface area (Å²) in [5.41, 5.74) is 18.0. The van der Waals surface area contributed by atoms with E-state index in [9.17, 15) is 0 Å². The summed E-state index contributed by atoms with van der Waals surface area (Å²) >= 11 is 0. The predicted octanol–water partition coefficient (Wildman–Crippen LogP) is 10.0. The molecule has 0 fully saturated rings. The lowest BCUT2D eigenvalue weighted by Gasteiger charge is -2.38. The first kappa shape index (κ1) is 36.0. The van der Waals surface area contributed by atoms with Crippen LogP contribution in [0, 0.1) is 0 Å². The van der Waals surface area contributed by atoms with Crippen molar-refractivity contribution in [3.63, 3.8) is 0 Å². The fourth-order valence-electron chi connectivity index (χ4n) is 13.2. The summed E-state index contributed by atoms with van der Waals surface area (Å²) < 4.78 is 5.28. The Balaban J connectivity index is 1.06. The van der Waals surface area contributed by atoms with Crippen LogP contribution in [0.2, 0.25) is 0 Å². The summed E-state index contributed by atoms with van der Waals surface area (Å²) in [7, 11) is -3.22. The molecule has 4 nitrogen and oxygen atoms in total. The summed E-state index contributed by atoms with van der Waals surface area (Å²) in [5, 5.41) is 10.7. The lowest BCUT2D eigenvalue weighted by molar-refractivity contribution is 1.31. The average molecular weight is 865 g/mol. The van der Waals surface area contributed by atoms with Crippen molar-refractivity contribution in [3.05, 3.63) is 231 Å². The first-order valence-corrected chi connectivity index (χ1v) is 25.5. The van der Waals surface area contributed by atoms with E-state index in [1.807, 2.05) is 0 Å². The van der Waals surface area contributed by atoms with E-state index >= 15 is 0 Å². The van der Waals surface area contributed by atoms with Gasteiger partial charge in [0, 0.05) is 55.1 Å². The number of hydrogen-bond donors (Lipinski definition) is 0. The fourth-order valence-corrected chi connectivity index (χ4v) is 18.0. The minimum Gasteiger partial charge on any atom is -0.359 e. The van der Waals surface area contributed by atoms with Gasteiger partial charge in [-0.1, -0.05) is 194 Å². The third kappa shape index (κ3) is 4.41. The van der Waals surface area contributed by atoms with Gasteiger partial charge in [0.1, 0.15) is 0 Å². The quantitative estimate of drug-likeness (QED) is 0.130. The highest BCUT2D eigenvalue weighted by Gasteiger charge is 2.50. The number of nitrogens with zero attached hydrogens (tertiary/aromatic N) is 4. The van der Waals surface area contributed by atoms with Crippen molar-refractivity contribution in [2.45, 2.75) is 0 Å². The van der Waals surface area contributed by atoms with Gasteiger partial charge < -0.3 is 18.6 Å². The Labute approximate surface area is 389 Å². The second-order valence-electron chi connectivity index (χ2n) is 18.7. The maximum Gasteiger partial charge on any atom is 0.421 e. The van der Waals surface area contributed by atoms with E-state index in [2.05, 4.69) is 249 Å². The van der Waals surface area contributed by atoms with Gasteiger partial charge in [-0.05, 0) is 79.2 Å². The van der Waals surface area contributed by atoms with Gasteiger partial charge in [-0.2, -0.15) is 0 Å². The molecule has 0 unspecified atom stereocenters. The molecule has 10 aromatic carbocycles. The highest BCUT2D eigenvalue weighted by atomic mass is 28.3. The lowest BCUT2D eigenvalue weighted by Crippen LogP contribution is -2.74. The first-order valence-electron chi connectivity index (χ1n) is 23.5. The number of aromatic nitrogens is 2. The van der Waals surface area contributed by atoms with E-state index in [0.717, 1.165) is 0 Å². The molecule has 12 aromatic rings. The molecule has 0 bridgehead atoms. The van der Waals surface area contributed by atoms with Gasteiger partial charge in [0.05, 0.1) is 22.4 Å². The molecule has 2 aromatic heterocycles. The van der Waals surface area contributed by atoms with Crippen LogP contribution in [-0.4, -0.2) is 31.0 Å². The van der Waals surface area contributed by atoms with Crippen molar-refractivity contribution in [1.29, 1.82) is 0 Å². The third-order valence-electron chi connectivity index (χ3n) is 15.7. The molecular weight excluding hydrogens is 826 g/mol. The van der Waals surface area contributed by atoms with E-state index in [-0.39, 0.29) is 14.0 Å². The smallest absolute Gasteiger partial charge is 0.359 e. The Morgan fingerprint density at radius 1 is 0.284 bits per heavy atom. The number of rotatable bonds is 4. The minimum atomic E-state index is -3.22. The molecule has 0 saturated carbocycles. The van der Waals surface area contributed by atoms with Gasteiger partial charge in [-0.3, -0.25) is 0 Å². The van der Waals surface area contributed by atoms with Crippen LogP contribution >= 0.6 is 0 Å². The topological polar surface area (TPSA) is 16.3 Å². The second kappa shape index (κ2) is 13.0. The summed E-state index contributed by atoms with van der Waals surface area (Å²) in [4.78, 5) is 5.32. The average Bonchev–Trinajstić information content (AvgIpc) is 4.14. The van der Waals surface area contributed by atoms with Gasteiger partial charge in [-0.15, -0.1) is 0 Å². The van der Waals surface area contributed by atoms with Crippen LogP contribution in [0.25, 0.3) is 65.9 Å².